The second-order valence-electron chi connectivity index (χ2n) is 4.27. The van der Waals surface area contributed by atoms with Crippen LogP contribution in [0, 0.1) is 6.92 Å². The second-order valence-corrected chi connectivity index (χ2v) is 4.27. The third-order valence-corrected chi connectivity index (χ3v) is 2.90. The Morgan fingerprint density at radius 2 is 2.44 bits per heavy atom. The molecule has 1 fully saturated rings. The minimum absolute atomic E-state index is 0.263. The van der Waals surface area contributed by atoms with E-state index in [9.17, 15) is 9.90 Å². The van der Waals surface area contributed by atoms with Crippen LogP contribution in [-0.4, -0.2) is 35.6 Å². The number of anilines is 1. The quantitative estimate of drug-likeness (QED) is 0.760. The van der Waals surface area contributed by atoms with Crippen LogP contribution in [-0.2, 0) is 0 Å². The maximum absolute atomic E-state index is 10.6. The number of hydrogen-bond acceptors (Lipinski definition) is 4. The number of aliphatic hydroxyl groups is 1. The number of aryl methyl sites for hydroxylation is 1. The van der Waals surface area contributed by atoms with Gasteiger partial charge in [-0.3, -0.25) is 4.79 Å². The molecular weight excluding hydrogens is 204 g/mol. The Labute approximate surface area is 94.9 Å². The predicted octanol–water partition coefficient (Wildman–Crippen LogP) is 1.16. The highest BCUT2D eigenvalue weighted by atomic mass is 16.3. The first-order valence-corrected chi connectivity index (χ1v) is 5.55. The summed E-state index contributed by atoms with van der Waals surface area (Å²) in [6, 6.07) is 1.83. The molecule has 0 saturated carbocycles. The van der Waals surface area contributed by atoms with Crippen LogP contribution < -0.4 is 4.90 Å². The Morgan fingerprint density at radius 3 is 3.06 bits per heavy atom. The molecule has 1 aliphatic rings. The summed E-state index contributed by atoms with van der Waals surface area (Å²) < 4.78 is 0. The van der Waals surface area contributed by atoms with Crippen LogP contribution >= 0.6 is 0 Å². The lowest BCUT2D eigenvalue weighted by molar-refractivity contribution is 0.112. The molecule has 1 unspecified atom stereocenters. The minimum Gasteiger partial charge on any atom is -0.391 e. The number of rotatable bonds is 2. The van der Waals surface area contributed by atoms with Crippen molar-refractivity contribution in [1.29, 1.82) is 0 Å². The van der Waals surface area contributed by atoms with Crippen molar-refractivity contribution in [3.8, 4) is 0 Å². The molecule has 1 saturated heterocycles. The molecule has 1 atom stereocenters. The fraction of sp³-hybridized carbons (Fsp3) is 0.500. The van der Waals surface area contributed by atoms with Crippen LogP contribution in [0.5, 0.6) is 0 Å². The van der Waals surface area contributed by atoms with E-state index in [-0.39, 0.29) is 6.10 Å². The zero-order valence-corrected chi connectivity index (χ0v) is 9.39. The molecule has 4 heteroatoms. The molecule has 1 aromatic rings. The standard InChI is InChI=1S/C12H16N2O2/c1-9-5-10(8-15)6-13-12(9)14-4-2-3-11(16)7-14/h5-6,8,11,16H,2-4,7H2,1H3. The van der Waals surface area contributed by atoms with Crippen LogP contribution in [0.4, 0.5) is 5.82 Å². The van der Waals surface area contributed by atoms with E-state index in [1.165, 1.54) is 0 Å². The summed E-state index contributed by atoms with van der Waals surface area (Å²) in [6.45, 7) is 3.50. The van der Waals surface area contributed by atoms with E-state index in [0.29, 0.717) is 12.1 Å². The number of aromatic nitrogens is 1. The summed E-state index contributed by atoms with van der Waals surface area (Å²) in [6.07, 6.45) is 3.96. The molecule has 2 heterocycles. The molecule has 0 aromatic carbocycles. The Morgan fingerprint density at radius 1 is 1.62 bits per heavy atom. The maximum Gasteiger partial charge on any atom is 0.151 e. The molecule has 2 rings (SSSR count). The number of piperidine rings is 1. The average molecular weight is 220 g/mol. The molecule has 1 N–H and O–H groups in total. The first-order chi connectivity index (χ1) is 7.70. The van der Waals surface area contributed by atoms with E-state index in [2.05, 4.69) is 9.88 Å². The van der Waals surface area contributed by atoms with E-state index in [4.69, 9.17) is 0 Å². The molecule has 0 amide bonds. The number of aliphatic hydroxyl groups excluding tert-OH is 1. The third kappa shape index (κ3) is 2.22. The highest BCUT2D eigenvalue weighted by Crippen LogP contribution is 2.21. The molecule has 0 aliphatic carbocycles. The molecule has 1 aliphatic heterocycles. The SMILES string of the molecule is Cc1cc(C=O)cnc1N1CCCC(O)C1. The van der Waals surface area contributed by atoms with Crippen molar-refractivity contribution in [2.75, 3.05) is 18.0 Å². The van der Waals surface area contributed by atoms with Crippen LogP contribution in [0.1, 0.15) is 28.8 Å². The summed E-state index contributed by atoms with van der Waals surface area (Å²) >= 11 is 0. The summed E-state index contributed by atoms with van der Waals surface area (Å²) in [5.41, 5.74) is 1.58. The molecule has 0 bridgehead atoms. The van der Waals surface area contributed by atoms with Crippen molar-refractivity contribution in [1.82, 2.24) is 4.98 Å². The Hall–Kier alpha value is -1.42. The summed E-state index contributed by atoms with van der Waals surface area (Å²) in [4.78, 5) is 17.0. The number of pyridine rings is 1. The number of aldehydes is 1. The van der Waals surface area contributed by atoms with Crippen LogP contribution in [0.2, 0.25) is 0 Å². The predicted molar refractivity (Wildman–Crippen MR) is 61.8 cm³/mol. The fourth-order valence-corrected chi connectivity index (χ4v) is 2.13. The highest BCUT2D eigenvalue weighted by Gasteiger charge is 2.20. The molecule has 0 radical (unpaired) electrons. The van der Waals surface area contributed by atoms with Crippen LogP contribution in [0.25, 0.3) is 0 Å². The van der Waals surface area contributed by atoms with Crippen LogP contribution in [0.15, 0.2) is 12.3 Å². The molecule has 4 nitrogen and oxygen atoms in total. The van der Waals surface area contributed by atoms with E-state index in [1.54, 1.807) is 6.20 Å². The number of nitrogens with zero attached hydrogens (tertiary/aromatic N) is 2. The summed E-state index contributed by atoms with van der Waals surface area (Å²) in [5, 5.41) is 9.61. The Balaban J connectivity index is 2.22. The smallest absolute Gasteiger partial charge is 0.151 e. The van der Waals surface area contributed by atoms with E-state index >= 15 is 0 Å². The van der Waals surface area contributed by atoms with Gasteiger partial charge in [0.2, 0.25) is 0 Å². The average Bonchev–Trinajstić information content (AvgIpc) is 2.28. The minimum atomic E-state index is -0.263. The van der Waals surface area contributed by atoms with Gasteiger partial charge < -0.3 is 10.0 Å². The van der Waals surface area contributed by atoms with Gasteiger partial charge in [-0.05, 0) is 31.4 Å². The first kappa shape index (κ1) is 11.1. The molecule has 0 spiro atoms. The van der Waals surface area contributed by atoms with Gasteiger partial charge in [0.05, 0.1) is 6.10 Å². The zero-order valence-electron chi connectivity index (χ0n) is 9.39. The molecule has 86 valence electrons. The molecule has 1 aromatic heterocycles. The number of β-amino-alcohol motifs (C(OH)–C–C–N with tert-alkyl or cyclic N) is 1. The maximum atomic E-state index is 10.6. The van der Waals surface area contributed by atoms with E-state index in [1.807, 2.05) is 13.0 Å². The lowest BCUT2D eigenvalue weighted by Crippen LogP contribution is -2.39. The first-order valence-electron chi connectivity index (χ1n) is 5.55. The molecular formula is C12H16N2O2. The highest BCUT2D eigenvalue weighted by molar-refractivity contribution is 5.75. The third-order valence-electron chi connectivity index (χ3n) is 2.90. The van der Waals surface area contributed by atoms with Gasteiger partial charge in [-0.1, -0.05) is 0 Å². The number of hydrogen-bond donors (Lipinski definition) is 1. The summed E-state index contributed by atoms with van der Waals surface area (Å²) in [7, 11) is 0. The van der Waals surface area contributed by atoms with Crippen LogP contribution in [0.3, 0.4) is 0 Å². The summed E-state index contributed by atoms with van der Waals surface area (Å²) in [5.74, 6) is 0.879. The Bertz CT molecular complexity index is 393. The van der Waals surface area contributed by atoms with Crippen molar-refractivity contribution in [2.24, 2.45) is 0 Å². The molecule has 16 heavy (non-hydrogen) atoms. The van der Waals surface area contributed by atoms with Gasteiger partial charge in [0.1, 0.15) is 5.82 Å². The number of carbonyl (C=O) groups excluding carboxylic acids is 1. The van der Waals surface area contributed by atoms with E-state index in [0.717, 1.165) is 37.1 Å². The largest absolute Gasteiger partial charge is 0.391 e. The fourth-order valence-electron chi connectivity index (χ4n) is 2.13. The second kappa shape index (κ2) is 4.61. The van der Waals surface area contributed by atoms with Gasteiger partial charge in [0, 0.05) is 24.8 Å². The van der Waals surface area contributed by atoms with Crippen molar-refractivity contribution in [3.63, 3.8) is 0 Å². The van der Waals surface area contributed by atoms with Crippen molar-refractivity contribution in [2.45, 2.75) is 25.9 Å². The van der Waals surface area contributed by atoms with Crippen molar-refractivity contribution in [3.05, 3.63) is 23.4 Å². The van der Waals surface area contributed by atoms with Gasteiger partial charge in [0.15, 0.2) is 6.29 Å². The van der Waals surface area contributed by atoms with Gasteiger partial charge in [-0.2, -0.15) is 0 Å². The topological polar surface area (TPSA) is 53.4 Å². The lowest BCUT2D eigenvalue weighted by atomic mass is 10.1. The van der Waals surface area contributed by atoms with Gasteiger partial charge in [-0.25, -0.2) is 4.98 Å². The zero-order chi connectivity index (χ0) is 11.5. The van der Waals surface area contributed by atoms with Gasteiger partial charge in [-0.15, -0.1) is 0 Å². The van der Waals surface area contributed by atoms with Gasteiger partial charge in [0.25, 0.3) is 0 Å². The Kier molecular flexibility index (Phi) is 3.19. The van der Waals surface area contributed by atoms with Gasteiger partial charge >= 0.3 is 0 Å². The van der Waals surface area contributed by atoms with E-state index < -0.39 is 0 Å². The van der Waals surface area contributed by atoms with Crippen molar-refractivity contribution >= 4 is 12.1 Å². The normalized spacial score (nSPS) is 20.9. The lowest BCUT2D eigenvalue weighted by Gasteiger charge is -2.31. The van der Waals surface area contributed by atoms with Crippen molar-refractivity contribution < 1.29 is 9.90 Å². The number of carbonyl (C=O) groups is 1. The monoisotopic (exact) mass is 220 g/mol.